The van der Waals surface area contributed by atoms with Crippen molar-refractivity contribution >= 4 is 5.97 Å². The Morgan fingerprint density at radius 3 is 2.60 bits per heavy atom. The Kier molecular flexibility index (Phi) is 4.43. The largest absolute Gasteiger partial charge is 0.481 e. The van der Waals surface area contributed by atoms with Gasteiger partial charge in [-0.15, -0.1) is 0 Å². The number of carbonyl (C=O) groups is 1. The monoisotopic (exact) mass is 279 g/mol. The Labute approximate surface area is 119 Å². The van der Waals surface area contributed by atoms with Gasteiger partial charge in [0.15, 0.2) is 0 Å². The average molecular weight is 279 g/mol. The van der Waals surface area contributed by atoms with Crippen LogP contribution in [-0.4, -0.2) is 35.7 Å². The van der Waals surface area contributed by atoms with Gasteiger partial charge < -0.3 is 5.11 Å². The molecule has 1 aromatic rings. The minimum Gasteiger partial charge on any atom is -0.481 e. The van der Waals surface area contributed by atoms with Gasteiger partial charge in [-0.2, -0.15) is 0 Å². The summed E-state index contributed by atoms with van der Waals surface area (Å²) in [5, 5.41) is 9.42. The minimum atomic E-state index is -0.989. The van der Waals surface area contributed by atoms with Crippen LogP contribution in [0.15, 0.2) is 30.3 Å². The van der Waals surface area contributed by atoms with Crippen molar-refractivity contribution in [1.82, 2.24) is 4.90 Å². The molecule has 0 aromatic heterocycles. The molecule has 0 amide bonds. The van der Waals surface area contributed by atoms with Crippen molar-refractivity contribution in [3.63, 3.8) is 0 Å². The molecule has 0 spiro atoms. The standard InChI is InChI=1S/C16H22FNO2/c1-3-14(12-7-5-4-6-8-12)18-10-13(9-17)16(2,11-18)15(19)20/h4-8,13-14H,3,9-11H2,1-2H3,(H,19,20)/t13-,14?,16-/m0/s1. The van der Waals surface area contributed by atoms with Gasteiger partial charge in [0.1, 0.15) is 0 Å². The summed E-state index contributed by atoms with van der Waals surface area (Å²) in [5.74, 6) is -1.33. The zero-order valence-electron chi connectivity index (χ0n) is 12.1. The molecule has 20 heavy (non-hydrogen) atoms. The molecule has 1 aliphatic rings. The second-order valence-corrected chi connectivity index (χ2v) is 5.84. The minimum absolute atomic E-state index is 0.159. The number of hydrogen-bond acceptors (Lipinski definition) is 2. The molecule has 3 nitrogen and oxygen atoms in total. The summed E-state index contributed by atoms with van der Waals surface area (Å²) in [6.45, 7) is 4.08. The van der Waals surface area contributed by atoms with E-state index in [0.717, 1.165) is 6.42 Å². The Morgan fingerprint density at radius 2 is 2.15 bits per heavy atom. The zero-order chi connectivity index (χ0) is 14.8. The first kappa shape index (κ1) is 15.0. The zero-order valence-corrected chi connectivity index (χ0v) is 12.1. The molecule has 1 heterocycles. The van der Waals surface area contributed by atoms with Crippen LogP contribution in [0.5, 0.6) is 0 Å². The van der Waals surface area contributed by atoms with Crippen molar-refractivity contribution in [2.45, 2.75) is 26.3 Å². The maximum absolute atomic E-state index is 13.2. The molecular weight excluding hydrogens is 257 g/mol. The van der Waals surface area contributed by atoms with E-state index in [-0.39, 0.29) is 6.04 Å². The summed E-state index contributed by atoms with van der Waals surface area (Å²) in [4.78, 5) is 13.6. The highest BCUT2D eigenvalue weighted by molar-refractivity contribution is 5.75. The molecular formula is C16H22FNO2. The van der Waals surface area contributed by atoms with Crippen molar-refractivity contribution in [2.24, 2.45) is 11.3 Å². The third-order valence-corrected chi connectivity index (χ3v) is 4.57. The molecule has 1 saturated heterocycles. The van der Waals surface area contributed by atoms with Gasteiger partial charge in [0, 0.05) is 25.0 Å². The van der Waals surface area contributed by atoms with E-state index in [4.69, 9.17) is 0 Å². The Hall–Kier alpha value is -1.42. The lowest BCUT2D eigenvalue weighted by atomic mass is 9.81. The highest BCUT2D eigenvalue weighted by atomic mass is 19.1. The Morgan fingerprint density at radius 1 is 1.50 bits per heavy atom. The van der Waals surface area contributed by atoms with E-state index in [1.165, 1.54) is 5.56 Å². The quantitative estimate of drug-likeness (QED) is 0.900. The molecule has 0 bridgehead atoms. The van der Waals surface area contributed by atoms with Crippen molar-refractivity contribution in [3.05, 3.63) is 35.9 Å². The molecule has 0 radical (unpaired) electrons. The predicted octanol–water partition coefficient (Wildman–Crippen LogP) is 3.13. The number of hydrogen-bond donors (Lipinski definition) is 1. The fraction of sp³-hybridized carbons (Fsp3) is 0.562. The number of nitrogens with zero attached hydrogens (tertiary/aromatic N) is 1. The predicted molar refractivity (Wildman–Crippen MR) is 76.3 cm³/mol. The van der Waals surface area contributed by atoms with Crippen LogP contribution in [-0.2, 0) is 4.79 Å². The first-order chi connectivity index (χ1) is 9.52. The fourth-order valence-corrected chi connectivity index (χ4v) is 3.18. The van der Waals surface area contributed by atoms with Crippen LogP contribution < -0.4 is 0 Å². The molecule has 3 atom stereocenters. The number of aliphatic carboxylic acids is 1. The number of carboxylic acids is 1. The second-order valence-electron chi connectivity index (χ2n) is 5.84. The Balaban J connectivity index is 2.23. The van der Waals surface area contributed by atoms with Crippen LogP contribution in [0.1, 0.15) is 31.9 Å². The number of halogens is 1. The highest BCUT2D eigenvalue weighted by Crippen LogP contribution is 2.41. The summed E-state index contributed by atoms with van der Waals surface area (Å²) >= 11 is 0. The van der Waals surface area contributed by atoms with Crippen LogP contribution in [0, 0.1) is 11.3 Å². The normalized spacial score (nSPS) is 28.4. The van der Waals surface area contributed by atoms with Crippen molar-refractivity contribution in [2.75, 3.05) is 19.8 Å². The average Bonchev–Trinajstić information content (AvgIpc) is 2.79. The molecule has 1 unspecified atom stereocenters. The number of rotatable bonds is 5. The summed E-state index contributed by atoms with van der Waals surface area (Å²) in [6, 6.07) is 10.2. The molecule has 110 valence electrons. The van der Waals surface area contributed by atoms with Gasteiger partial charge in [-0.1, -0.05) is 37.3 Å². The third kappa shape index (κ3) is 2.57. The lowest BCUT2D eigenvalue weighted by Crippen LogP contribution is -2.37. The van der Waals surface area contributed by atoms with Crippen LogP contribution in [0.25, 0.3) is 0 Å². The summed E-state index contributed by atoms with van der Waals surface area (Å²) in [6.07, 6.45) is 0.888. The van der Waals surface area contributed by atoms with Gasteiger partial charge in [-0.25, -0.2) is 0 Å². The maximum Gasteiger partial charge on any atom is 0.311 e. The lowest BCUT2D eigenvalue weighted by Gasteiger charge is -2.28. The van der Waals surface area contributed by atoms with Crippen LogP contribution >= 0.6 is 0 Å². The maximum atomic E-state index is 13.2. The van der Waals surface area contributed by atoms with Crippen LogP contribution in [0.2, 0.25) is 0 Å². The molecule has 1 fully saturated rings. The number of carboxylic acid groups (broad SMARTS) is 1. The molecule has 4 heteroatoms. The van der Waals surface area contributed by atoms with Gasteiger partial charge in [0.2, 0.25) is 0 Å². The van der Waals surface area contributed by atoms with E-state index in [9.17, 15) is 14.3 Å². The first-order valence-corrected chi connectivity index (χ1v) is 7.11. The molecule has 0 saturated carbocycles. The molecule has 1 N–H and O–H groups in total. The van der Waals surface area contributed by atoms with Crippen molar-refractivity contribution < 1.29 is 14.3 Å². The molecule has 0 aliphatic carbocycles. The topological polar surface area (TPSA) is 40.5 Å². The van der Waals surface area contributed by atoms with Crippen molar-refractivity contribution in [3.8, 4) is 0 Å². The molecule has 1 aromatic carbocycles. The fourth-order valence-electron chi connectivity index (χ4n) is 3.18. The van der Waals surface area contributed by atoms with Gasteiger partial charge in [-0.3, -0.25) is 14.1 Å². The van der Waals surface area contributed by atoms with Gasteiger partial charge >= 0.3 is 5.97 Å². The van der Waals surface area contributed by atoms with Crippen molar-refractivity contribution in [1.29, 1.82) is 0 Å². The summed E-state index contributed by atoms with van der Waals surface area (Å²) in [7, 11) is 0. The van der Waals surface area contributed by atoms with E-state index >= 15 is 0 Å². The van der Waals surface area contributed by atoms with E-state index in [1.54, 1.807) is 6.92 Å². The van der Waals surface area contributed by atoms with E-state index in [2.05, 4.69) is 24.0 Å². The van der Waals surface area contributed by atoms with Crippen LogP contribution in [0.3, 0.4) is 0 Å². The van der Waals surface area contributed by atoms with E-state index < -0.39 is 24.0 Å². The number of likely N-dealkylation sites (tertiary alicyclic amines) is 1. The van der Waals surface area contributed by atoms with Gasteiger partial charge in [0.25, 0.3) is 0 Å². The van der Waals surface area contributed by atoms with Gasteiger partial charge in [-0.05, 0) is 18.9 Å². The first-order valence-electron chi connectivity index (χ1n) is 7.11. The highest BCUT2D eigenvalue weighted by Gasteiger charge is 2.50. The van der Waals surface area contributed by atoms with Crippen LogP contribution in [0.4, 0.5) is 4.39 Å². The van der Waals surface area contributed by atoms with E-state index in [1.807, 2.05) is 18.2 Å². The summed E-state index contributed by atoms with van der Waals surface area (Å²) < 4.78 is 13.2. The molecule has 2 rings (SSSR count). The third-order valence-electron chi connectivity index (χ3n) is 4.57. The number of benzene rings is 1. The lowest BCUT2D eigenvalue weighted by molar-refractivity contribution is -0.149. The van der Waals surface area contributed by atoms with E-state index in [0.29, 0.717) is 13.1 Å². The molecule has 1 aliphatic heterocycles. The second kappa shape index (κ2) is 5.92. The number of alkyl halides is 1. The smallest absolute Gasteiger partial charge is 0.311 e. The summed E-state index contributed by atoms with van der Waals surface area (Å²) in [5.41, 5.74) is 0.180. The van der Waals surface area contributed by atoms with Gasteiger partial charge in [0.05, 0.1) is 12.1 Å². The SMILES string of the molecule is CCC(c1ccccc1)N1C[C@H](CF)[C@@](C)(C(=O)O)C1. The Bertz CT molecular complexity index is 465.